The molecule has 0 aliphatic heterocycles. The minimum atomic E-state index is -2.71. The van der Waals surface area contributed by atoms with Gasteiger partial charge >= 0.3 is 0 Å². The van der Waals surface area contributed by atoms with E-state index in [1.54, 1.807) is 0 Å². The van der Waals surface area contributed by atoms with Crippen molar-refractivity contribution in [3.05, 3.63) is 72.3 Å². The number of fused-ring (bicyclic) bond motifs is 1. The number of nitriles is 1. The highest BCUT2D eigenvalue weighted by Gasteiger charge is 2.61. The predicted octanol–water partition coefficient (Wildman–Crippen LogP) is 5.34. The first-order valence-corrected chi connectivity index (χ1v) is 14.1. The Balaban J connectivity index is 1.83. The molecule has 0 aromatic heterocycles. The molecule has 0 heterocycles. The van der Waals surface area contributed by atoms with Gasteiger partial charge in [0.05, 0.1) is 17.6 Å². The number of allylic oxidation sites excluding steroid dienone is 2. The molecule has 4 rings (SSSR count). The van der Waals surface area contributed by atoms with Crippen LogP contribution in [0.5, 0.6) is 0 Å². The first-order chi connectivity index (χ1) is 15.7. The van der Waals surface area contributed by atoms with E-state index in [0.717, 1.165) is 25.7 Å². The number of hydrogen-bond acceptors (Lipinski definition) is 3. The molecular formula is C29H37NO2Si. The first-order valence-electron chi connectivity index (χ1n) is 12.2. The van der Waals surface area contributed by atoms with E-state index in [2.05, 4.69) is 101 Å². The van der Waals surface area contributed by atoms with Crippen molar-refractivity contribution in [2.75, 3.05) is 6.61 Å². The Bertz CT molecular complexity index is 997. The maximum atomic E-state index is 12.0. The Labute approximate surface area is 200 Å². The first kappa shape index (κ1) is 23.9. The van der Waals surface area contributed by atoms with E-state index < -0.39 is 19.3 Å². The Morgan fingerprint density at radius 3 is 2.12 bits per heavy atom. The fourth-order valence-corrected chi connectivity index (χ4v) is 10.9. The van der Waals surface area contributed by atoms with Crippen LogP contribution in [0.25, 0.3) is 0 Å². The normalized spacial score (nSPS) is 27.9. The molecule has 2 aliphatic rings. The summed E-state index contributed by atoms with van der Waals surface area (Å²) in [6.07, 6.45) is 6.10. The SMILES string of the molecule is CC1=CC[C@@]2(CO[Si](c3ccccc3)(c3ccccc3)C(C)(C)C)CC[C@H](C#N)[C@@]2(O)CC1. The molecule has 0 radical (unpaired) electrons. The molecule has 174 valence electrons. The van der Waals surface area contributed by atoms with Crippen molar-refractivity contribution in [1.29, 1.82) is 5.26 Å². The molecule has 3 nitrogen and oxygen atoms in total. The van der Waals surface area contributed by atoms with Gasteiger partial charge in [0.1, 0.15) is 0 Å². The average molecular weight is 460 g/mol. The lowest BCUT2D eigenvalue weighted by Crippen LogP contribution is -2.68. The van der Waals surface area contributed by atoms with Gasteiger partial charge in [0.2, 0.25) is 0 Å². The average Bonchev–Trinajstić information content (AvgIpc) is 3.02. The van der Waals surface area contributed by atoms with Crippen molar-refractivity contribution in [3.8, 4) is 6.07 Å². The van der Waals surface area contributed by atoms with Crippen LogP contribution in [-0.2, 0) is 4.43 Å². The van der Waals surface area contributed by atoms with E-state index in [-0.39, 0.29) is 11.0 Å². The highest BCUT2D eigenvalue weighted by atomic mass is 28.4. The van der Waals surface area contributed by atoms with E-state index >= 15 is 0 Å². The van der Waals surface area contributed by atoms with Gasteiger partial charge < -0.3 is 9.53 Å². The zero-order valence-corrected chi connectivity index (χ0v) is 21.5. The summed E-state index contributed by atoms with van der Waals surface area (Å²) in [5, 5.41) is 24.3. The summed E-state index contributed by atoms with van der Waals surface area (Å²) in [5.41, 5.74) is -0.140. The van der Waals surface area contributed by atoms with Crippen molar-refractivity contribution >= 4 is 18.7 Å². The zero-order valence-electron chi connectivity index (χ0n) is 20.5. The second-order valence-corrected chi connectivity index (χ2v) is 15.4. The zero-order chi connectivity index (χ0) is 23.7. The lowest BCUT2D eigenvalue weighted by Gasteiger charge is -2.48. The topological polar surface area (TPSA) is 53.2 Å². The third kappa shape index (κ3) is 3.91. The third-order valence-electron chi connectivity index (χ3n) is 8.29. The van der Waals surface area contributed by atoms with Gasteiger partial charge in [0, 0.05) is 12.0 Å². The summed E-state index contributed by atoms with van der Waals surface area (Å²) in [7, 11) is -2.71. The Morgan fingerprint density at radius 2 is 1.61 bits per heavy atom. The highest BCUT2D eigenvalue weighted by molar-refractivity contribution is 6.99. The molecule has 2 aromatic carbocycles. The Kier molecular flexibility index (Phi) is 6.44. The van der Waals surface area contributed by atoms with Gasteiger partial charge in [-0.15, -0.1) is 0 Å². The number of aliphatic hydroxyl groups is 1. The van der Waals surface area contributed by atoms with Crippen molar-refractivity contribution in [2.45, 2.75) is 70.4 Å². The van der Waals surface area contributed by atoms with Crippen LogP contribution in [0.2, 0.25) is 5.04 Å². The van der Waals surface area contributed by atoms with Crippen LogP contribution >= 0.6 is 0 Å². The summed E-state index contributed by atoms with van der Waals surface area (Å²) in [4.78, 5) is 0. The second-order valence-electron chi connectivity index (χ2n) is 11.1. The molecule has 3 atom stereocenters. The molecule has 1 saturated carbocycles. The summed E-state index contributed by atoms with van der Waals surface area (Å²) in [5.74, 6) is -0.334. The van der Waals surface area contributed by atoms with Crippen LogP contribution < -0.4 is 10.4 Å². The predicted molar refractivity (Wildman–Crippen MR) is 137 cm³/mol. The van der Waals surface area contributed by atoms with Crippen LogP contribution in [0.15, 0.2) is 72.3 Å². The van der Waals surface area contributed by atoms with Crippen LogP contribution in [0.1, 0.15) is 59.8 Å². The van der Waals surface area contributed by atoms with Gasteiger partial charge in [-0.1, -0.05) is 93.1 Å². The molecule has 0 unspecified atom stereocenters. The molecule has 2 aromatic rings. The van der Waals surface area contributed by atoms with E-state index in [9.17, 15) is 10.4 Å². The van der Waals surface area contributed by atoms with Crippen molar-refractivity contribution in [2.24, 2.45) is 11.3 Å². The maximum Gasteiger partial charge on any atom is 0.261 e. The maximum absolute atomic E-state index is 12.0. The summed E-state index contributed by atoms with van der Waals surface area (Å²) in [6, 6.07) is 23.8. The molecule has 33 heavy (non-hydrogen) atoms. The smallest absolute Gasteiger partial charge is 0.261 e. The van der Waals surface area contributed by atoms with Gasteiger partial charge in [-0.25, -0.2) is 0 Å². The highest BCUT2D eigenvalue weighted by Crippen LogP contribution is 2.57. The molecule has 0 amide bonds. The quantitative estimate of drug-likeness (QED) is 0.485. The van der Waals surface area contributed by atoms with Gasteiger partial charge in [-0.3, -0.25) is 0 Å². The number of nitrogens with zero attached hydrogens (tertiary/aromatic N) is 1. The molecule has 0 saturated heterocycles. The number of benzene rings is 2. The molecule has 2 aliphatic carbocycles. The minimum Gasteiger partial charge on any atom is -0.407 e. The standard InChI is InChI=1S/C29H37NO2Si/c1-23-15-18-28(19-17-24(21-30)29(28,31)20-16-23)22-32-33(27(2,3)4,25-11-7-5-8-12-25)26-13-9-6-10-14-26/h5-15,24,31H,16-20,22H2,1-4H3/t24-,28+,29+/m1/s1. The largest absolute Gasteiger partial charge is 0.407 e. The monoisotopic (exact) mass is 459 g/mol. The van der Waals surface area contributed by atoms with Gasteiger partial charge in [0.15, 0.2) is 0 Å². The Hall–Kier alpha value is -2.19. The molecule has 0 bridgehead atoms. The summed E-state index contributed by atoms with van der Waals surface area (Å²) in [6.45, 7) is 9.47. The molecule has 1 fully saturated rings. The van der Waals surface area contributed by atoms with E-state index in [1.807, 2.05) is 0 Å². The number of rotatable bonds is 5. The van der Waals surface area contributed by atoms with Crippen molar-refractivity contribution < 1.29 is 9.53 Å². The van der Waals surface area contributed by atoms with Crippen LogP contribution in [0, 0.1) is 22.7 Å². The molecule has 0 spiro atoms. The Morgan fingerprint density at radius 1 is 1.03 bits per heavy atom. The van der Waals surface area contributed by atoms with Crippen LogP contribution in [-0.4, -0.2) is 25.6 Å². The van der Waals surface area contributed by atoms with E-state index in [0.29, 0.717) is 13.0 Å². The van der Waals surface area contributed by atoms with Crippen LogP contribution in [0.4, 0.5) is 0 Å². The second kappa shape index (κ2) is 8.87. The minimum absolute atomic E-state index is 0.117. The van der Waals surface area contributed by atoms with Gasteiger partial charge in [-0.2, -0.15) is 5.26 Å². The number of hydrogen-bond donors (Lipinski definition) is 1. The molecule has 4 heteroatoms. The van der Waals surface area contributed by atoms with Crippen LogP contribution in [0.3, 0.4) is 0 Å². The lowest BCUT2D eigenvalue weighted by molar-refractivity contribution is -0.101. The van der Waals surface area contributed by atoms with Gasteiger partial charge in [-0.05, 0) is 54.4 Å². The van der Waals surface area contributed by atoms with Crippen molar-refractivity contribution in [1.82, 2.24) is 0 Å². The lowest BCUT2D eigenvalue weighted by atomic mass is 9.69. The summed E-state index contributed by atoms with van der Waals surface area (Å²) < 4.78 is 7.30. The van der Waals surface area contributed by atoms with Crippen molar-refractivity contribution in [3.63, 3.8) is 0 Å². The fourth-order valence-electron chi connectivity index (χ4n) is 6.26. The fraction of sp³-hybridized carbons (Fsp3) is 0.483. The molecular weight excluding hydrogens is 422 g/mol. The van der Waals surface area contributed by atoms with E-state index in [1.165, 1.54) is 15.9 Å². The van der Waals surface area contributed by atoms with E-state index in [4.69, 9.17) is 4.43 Å². The summed E-state index contributed by atoms with van der Waals surface area (Å²) >= 11 is 0. The third-order valence-corrected chi connectivity index (χ3v) is 13.3. The van der Waals surface area contributed by atoms with Gasteiger partial charge in [0.25, 0.3) is 8.32 Å². The molecule has 1 N–H and O–H groups in total.